The second-order valence-electron chi connectivity index (χ2n) is 4.07. The van der Waals surface area contributed by atoms with Crippen LogP contribution >= 0.6 is 0 Å². The minimum Gasteiger partial charge on any atom is -0.493 e. The molecule has 0 saturated carbocycles. The molecule has 0 saturated heterocycles. The van der Waals surface area contributed by atoms with Gasteiger partial charge in [-0.3, -0.25) is 0 Å². The molecular formula is C15H20O4. The fourth-order valence-corrected chi connectivity index (χ4v) is 1.52. The van der Waals surface area contributed by atoms with E-state index >= 15 is 0 Å². The molecule has 0 bridgehead atoms. The zero-order valence-corrected chi connectivity index (χ0v) is 11.8. The number of benzene rings is 1. The average Bonchev–Trinajstić information content (AvgIpc) is 2.44. The highest BCUT2D eigenvalue weighted by molar-refractivity contribution is 5.88. The molecule has 0 aliphatic carbocycles. The minimum absolute atomic E-state index is 0.0793. The Balaban J connectivity index is 2.84. The number of rotatable bonds is 6. The summed E-state index contributed by atoms with van der Waals surface area (Å²) in [6.45, 7) is 3.82. The lowest BCUT2D eigenvalue weighted by molar-refractivity contribution is -0.142. The Bertz CT molecular complexity index is 451. The van der Waals surface area contributed by atoms with E-state index in [1.807, 2.05) is 26.0 Å². The summed E-state index contributed by atoms with van der Waals surface area (Å²) in [5.74, 6) is 0.858. The maximum atomic E-state index is 11.6. The van der Waals surface area contributed by atoms with Crippen molar-refractivity contribution >= 4 is 12.0 Å². The minimum atomic E-state index is -0.362. The van der Waals surface area contributed by atoms with E-state index in [2.05, 4.69) is 0 Å². The zero-order chi connectivity index (χ0) is 14.3. The maximum absolute atomic E-state index is 11.6. The lowest BCUT2D eigenvalue weighted by Crippen LogP contribution is -2.11. The van der Waals surface area contributed by atoms with Crippen molar-refractivity contribution in [3.8, 4) is 11.5 Å². The van der Waals surface area contributed by atoms with Crippen LogP contribution < -0.4 is 9.47 Å². The van der Waals surface area contributed by atoms with Crippen LogP contribution in [0.2, 0.25) is 0 Å². The second-order valence-corrected chi connectivity index (χ2v) is 4.07. The Morgan fingerprint density at radius 3 is 2.63 bits per heavy atom. The van der Waals surface area contributed by atoms with Crippen LogP contribution in [0.15, 0.2) is 24.3 Å². The summed E-state index contributed by atoms with van der Waals surface area (Å²) in [4.78, 5) is 11.6. The van der Waals surface area contributed by atoms with E-state index < -0.39 is 0 Å². The molecule has 1 atom stereocenters. The summed E-state index contributed by atoms with van der Waals surface area (Å²) in [6.07, 6.45) is 3.77. The highest BCUT2D eigenvalue weighted by Gasteiger charge is 2.08. The van der Waals surface area contributed by atoms with Crippen molar-refractivity contribution in [3.63, 3.8) is 0 Å². The fraction of sp³-hybridized carbons (Fsp3) is 0.400. The van der Waals surface area contributed by atoms with Gasteiger partial charge in [0, 0.05) is 11.6 Å². The summed E-state index contributed by atoms with van der Waals surface area (Å²) < 4.78 is 15.6. The van der Waals surface area contributed by atoms with Gasteiger partial charge in [-0.1, -0.05) is 19.1 Å². The number of hydrogen-bond acceptors (Lipinski definition) is 4. The van der Waals surface area contributed by atoms with E-state index in [1.54, 1.807) is 26.4 Å². The van der Waals surface area contributed by atoms with Crippen LogP contribution in [-0.2, 0) is 9.53 Å². The van der Waals surface area contributed by atoms with Gasteiger partial charge in [0.25, 0.3) is 0 Å². The van der Waals surface area contributed by atoms with Crippen LogP contribution in [0.25, 0.3) is 6.08 Å². The molecule has 4 nitrogen and oxygen atoms in total. The molecule has 4 heteroatoms. The third kappa shape index (κ3) is 4.32. The first kappa shape index (κ1) is 15.1. The number of esters is 1. The molecule has 0 amide bonds. The molecule has 19 heavy (non-hydrogen) atoms. The smallest absolute Gasteiger partial charge is 0.331 e. The third-order valence-corrected chi connectivity index (χ3v) is 2.72. The number of methoxy groups -OCH3 is 2. The van der Waals surface area contributed by atoms with E-state index in [1.165, 1.54) is 6.08 Å². The normalized spacial score (nSPS) is 12.2. The summed E-state index contributed by atoms with van der Waals surface area (Å²) in [5.41, 5.74) is 0.767. The molecule has 0 aliphatic heterocycles. The third-order valence-electron chi connectivity index (χ3n) is 2.72. The van der Waals surface area contributed by atoms with Gasteiger partial charge in [0.1, 0.15) is 0 Å². The van der Waals surface area contributed by atoms with Crippen molar-refractivity contribution in [1.29, 1.82) is 0 Å². The van der Waals surface area contributed by atoms with E-state index in [9.17, 15) is 4.79 Å². The maximum Gasteiger partial charge on any atom is 0.331 e. The van der Waals surface area contributed by atoms with Crippen LogP contribution in [-0.4, -0.2) is 26.3 Å². The van der Waals surface area contributed by atoms with Gasteiger partial charge in [0.05, 0.1) is 20.3 Å². The molecule has 1 unspecified atom stereocenters. The van der Waals surface area contributed by atoms with Crippen molar-refractivity contribution in [2.24, 2.45) is 0 Å². The first-order valence-electron chi connectivity index (χ1n) is 6.22. The van der Waals surface area contributed by atoms with Crippen molar-refractivity contribution in [2.75, 3.05) is 14.2 Å². The molecule has 0 radical (unpaired) electrons. The monoisotopic (exact) mass is 264 g/mol. The number of para-hydroxylation sites is 1. The van der Waals surface area contributed by atoms with E-state index in [0.29, 0.717) is 11.5 Å². The van der Waals surface area contributed by atoms with Crippen molar-refractivity contribution < 1.29 is 19.0 Å². The highest BCUT2D eigenvalue weighted by Crippen LogP contribution is 2.31. The van der Waals surface area contributed by atoms with E-state index in [-0.39, 0.29) is 12.1 Å². The standard InChI is InChI=1S/C15H20O4/c1-5-11(2)19-14(16)10-9-12-7-6-8-13(17-3)15(12)18-4/h6-11H,5H2,1-4H3. The summed E-state index contributed by atoms with van der Waals surface area (Å²) in [7, 11) is 3.13. The molecule has 1 aromatic carbocycles. The Morgan fingerprint density at radius 1 is 1.32 bits per heavy atom. The zero-order valence-electron chi connectivity index (χ0n) is 11.8. The molecular weight excluding hydrogens is 244 g/mol. The van der Waals surface area contributed by atoms with Gasteiger partial charge in [-0.15, -0.1) is 0 Å². The first-order valence-corrected chi connectivity index (χ1v) is 6.22. The van der Waals surface area contributed by atoms with Crippen LogP contribution in [0.3, 0.4) is 0 Å². The Hall–Kier alpha value is -1.97. The van der Waals surface area contributed by atoms with Crippen LogP contribution in [0, 0.1) is 0 Å². The number of carbonyl (C=O) groups is 1. The molecule has 0 aromatic heterocycles. The molecule has 104 valence electrons. The van der Waals surface area contributed by atoms with Crippen molar-refractivity contribution in [2.45, 2.75) is 26.4 Å². The summed E-state index contributed by atoms with van der Waals surface area (Å²) in [6, 6.07) is 5.48. The van der Waals surface area contributed by atoms with Gasteiger partial charge < -0.3 is 14.2 Å². The second kappa shape index (κ2) is 7.46. The number of hydrogen-bond donors (Lipinski definition) is 0. The van der Waals surface area contributed by atoms with Crippen LogP contribution in [0.1, 0.15) is 25.8 Å². The van der Waals surface area contributed by atoms with Gasteiger partial charge >= 0.3 is 5.97 Å². The van der Waals surface area contributed by atoms with E-state index in [4.69, 9.17) is 14.2 Å². The van der Waals surface area contributed by atoms with Crippen molar-refractivity contribution in [1.82, 2.24) is 0 Å². The summed E-state index contributed by atoms with van der Waals surface area (Å²) >= 11 is 0. The lowest BCUT2D eigenvalue weighted by atomic mass is 10.1. The Morgan fingerprint density at radius 2 is 2.05 bits per heavy atom. The predicted molar refractivity (Wildman–Crippen MR) is 74.4 cm³/mol. The van der Waals surface area contributed by atoms with Gasteiger partial charge in [-0.2, -0.15) is 0 Å². The molecule has 1 aromatic rings. The molecule has 0 spiro atoms. The van der Waals surface area contributed by atoms with Crippen LogP contribution in [0.4, 0.5) is 0 Å². The van der Waals surface area contributed by atoms with Gasteiger partial charge in [-0.25, -0.2) is 4.79 Å². The molecule has 0 heterocycles. The van der Waals surface area contributed by atoms with Gasteiger partial charge in [-0.05, 0) is 25.5 Å². The largest absolute Gasteiger partial charge is 0.493 e. The van der Waals surface area contributed by atoms with Gasteiger partial charge in [0.2, 0.25) is 0 Å². The predicted octanol–water partition coefficient (Wildman–Crippen LogP) is 3.06. The molecule has 0 N–H and O–H groups in total. The van der Waals surface area contributed by atoms with Gasteiger partial charge in [0.15, 0.2) is 11.5 Å². The summed E-state index contributed by atoms with van der Waals surface area (Å²) in [5, 5.41) is 0. The SMILES string of the molecule is CCC(C)OC(=O)C=Cc1cccc(OC)c1OC. The Kier molecular flexibility index (Phi) is 5.93. The molecule has 0 fully saturated rings. The van der Waals surface area contributed by atoms with E-state index in [0.717, 1.165) is 12.0 Å². The fourth-order valence-electron chi connectivity index (χ4n) is 1.52. The van der Waals surface area contributed by atoms with Crippen LogP contribution in [0.5, 0.6) is 11.5 Å². The quantitative estimate of drug-likeness (QED) is 0.585. The number of carbonyl (C=O) groups excluding carboxylic acids is 1. The lowest BCUT2D eigenvalue weighted by Gasteiger charge is -2.10. The first-order chi connectivity index (χ1) is 9.12. The van der Waals surface area contributed by atoms with Crippen molar-refractivity contribution in [3.05, 3.63) is 29.8 Å². The number of ether oxygens (including phenoxy) is 3. The molecule has 1 rings (SSSR count). The average molecular weight is 264 g/mol. The topological polar surface area (TPSA) is 44.8 Å². The highest BCUT2D eigenvalue weighted by atomic mass is 16.5. The Labute approximate surface area is 114 Å². The molecule has 0 aliphatic rings.